The molecule has 2 fully saturated rings. The maximum atomic E-state index is 13.0. The minimum Gasteiger partial charge on any atom is -0.490 e. The van der Waals surface area contributed by atoms with E-state index in [1.165, 1.54) is 17.7 Å². The summed E-state index contributed by atoms with van der Waals surface area (Å²) in [4.78, 5) is 17.5. The second-order valence-corrected chi connectivity index (χ2v) is 11.5. The molecule has 3 heterocycles. The molecule has 2 aliphatic rings. The van der Waals surface area contributed by atoms with Gasteiger partial charge in [0.05, 0.1) is 11.6 Å². The lowest BCUT2D eigenvalue weighted by molar-refractivity contribution is -0.274. The Kier molecular flexibility index (Phi) is 8.85. The minimum absolute atomic E-state index is 0.0213. The first-order chi connectivity index (χ1) is 21.7. The van der Waals surface area contributed by atoms with Crippen molar-refractivity contribution in [2.24, 2.45) is 0 Å². The number of benzene rings is 3. The molecule has 0 saturated carbocycles. The zero-order valence-electron chi connectivity index (χ0n) is 24.6. The molecule has 0 radical (unpaired) electrons. The Morgan fingerprint density at radius 3 is 2.27 bits per heavy atom. The molecule has 1 N–H and O–H groups in total. The minimum atomic E-state index is -4.71. The van der Waals surface area contributed by atoms with Gasteiger partial charge in [0.25, 0.3) is 5.91 Å². The van der Waals surface area contributed by atoms with Crippen LogP contribution >= 0.6 is 0 Å². The number of halogens is 3. The lowest BCUT2D eigenvalue weighted by Crippen LogP contribution is -2.44. The topological polar surface area (TPSA) is 91.0 Å². The SMILES string of the molecule is N#Cc1ccc(CN2CCC(NC(=O)c3cc4ccc(OC5CCN(c6ccc(OC(F)(F)F)cc6)CC5)cc4o3)CC2)cc1. The number of amides is 1. The van der Waals surface area contributed by atoms with Gasteiger partial charge in [0.1, 0.15) is 23.2 Å². The fourth-order valence-electron chi connectivity index (χ4n) is 5.91. The van der Waals surface area contributed by atoms with Gasteiger partial charge in [-0.25, -0.2) is 0 Å². The summed E-state index contributed by atoms with van der Waals surface area (Å²) in [5.74, 6) is 0.452. The summed E-state index contributed by atoms with van der Waals surface area (Å²) in [6, 6.07) is 23.1. The predicted molar refractivity (Wildman–Crippen MR) is 162 cm³/mol. The standard InChI is InChI=1S/C34H33F3N4O4/c35-34(36,37)45-29-9-6-27(7-10-29)41-17-13-28(14-18-41)43-30-8-5-25-19-32(44-31(25)20-30)33(42)39-26-11-15-40(16-12-26)22-24-3-1-23(21-38)2-4-24/h1-10,19-20,26,28H,11-18,22H2,(H,39,42). The molecule has 234 valence electrons. The molecular formula is C34H33F3N4O4. The molecule has 45 heavy (non-hydrogen) atoms. The molecular weight excluding hydrogens is 585 g/mol. The van der Waals surface area contributed by atoms with Crippen LogP contribution in [0.25, 0.3) is 11.0 Å². The second-order valence-electron chi connectivity index (χ2n) is 11.5. The van der Waals surface area contributed by atoms with Crippen molar-refractivity contribution >= 4 is 22.6 Å². The van der Waals surface area contributed by atoms with Crippen LogP contribution in [0, 0.1) is 11.3 Å². The molecule has 0 unspecified atom stereocenters. The summed E-state index contributed by atoms with van der Waals surface area (Å²) in [6.45, 7) is 3.96. The van der Waals surface area contributed by atoms with Crippen molar-refractivity contribution in [1.82, 2.24) is 10.2 Å². The third-order valence-electron chi connectivity index (χ3n) is 8.31. The summed E-state index contributed by atoms with van der Waals surface area (Å²) in [7, 11) is 0. The molecule has 3 aromatic carbocycles. The van der Waals surface area contributed by atoms with Crippen molar-refractivity contribution in [3.63, 3.8) is 0 Å². The highest BCUT2D eigenvalue weighted by molar-refractivity contribution is 5.96. The largest absolute Gasteiger partial charge is 0.573 e. The number of piperidine rings is 2. The number of hydrogen-bond acceptors (Lipinski definition) is 7. The summed E-state index contributed by atoms with van der Waals surface area (Å²) in [6.07, 6.45) is -1.55. The Bertz CT molecular complexity index is 1650. The highest BCUT2D eigenvalue weighted by Gasteiger charge is 2.31. The van der Waals surface area contributed by atoms with Gasteiger partial charge in [0, 0.05) is 68.7 Å². The predicted octanol–water partition coefficient (Wildman–Crippen LogP) is 6.65. The Morgan fingerprint density at radius 1 is 0.911 bits per heavy atom. The van der Waals surface area contributed by atoms with E-state index in [9.17, 15) is 18.0 Å². The normalized spacial score (nSPS) is 16.8. The molecule has 0 spiro atoms. The van der Waals surface area contributed by atoms with Crippen LogP contribution in [0.3, 0.4) is 0 Å². The fraction of sp³-hybridized carbons (Fsp3) is 0.353. The van der Waals surface area contributed by atoms with Gasteiger partial charge < -0.3 is 24.1 Å². The van der Waals surface area contributed by atoms with E-state index in [0.717, 1.165) is 56.4 Å². The van der Waals surface area contributed by atoms with Gasteiger partial charge in [-0.3, -0.25) is 9.69 Å². The number of nitrogens with one attached hydrogen (secondary N) is 1. The number of ether oxygens (including phenoxy) is 2. The number of rotatable bonds is 8. The summed E-state index contributed by atoms with van der Waals surface area (Å²) in [5.41, 5.74) is 3.23. The third kappa shape index (κ3) is 7.88. The van der Waals surface area contributed by atoms with Gasteiger partial charge in [0.2, 0.25) is 0 Å². The van der Waals surface area contributed by atoms with Crippen LogP contribution < -0.4 is 19.7 Å². The van der Waals surface area contributed by atoms with E-state index in [-0.39, 0.29) is 29.6 Å². The lowest BCUT2D eigenvalue weighted by Gasteiger charge is -2.33. The smallest absolute Gasteiger partial charge is 0.490 e. The van der Waals surface area contributed by atoms with Crippen molar-refractivity contribution in [1.29, 1.82) is 5.26 Å². The lowest BCUT2D eigenvalue weighted by atomic mass is 10.0. The third-order valence-corrected chi connectivity index (χ3v) is 8.31. The first-order valence-corrected chi connectivity index (χ1v) is 15.0. The highest BCUT2D eigenvalue weighted by atomic mass is 19.4. The number of furan rings is 1. The quantitative estimate of drug-likeness (QED) is 0.237. The van der Waals surface area contributed by atoms with Gasteiger partial charge in [-0.05, 0) is 73.0 Å². The number of carbonyl (C=O) groups is 1. The van der Waals surface area contributed by atoms with Crippen LogP contribution in [0.5, 0.6) is 11.5 Å². The van der Waals surface area contributed by atoms with E-state index < -0.39 is 6.36 Å². The van der Waals surface area contributed by atoms with Crippen molar-refractivity contribution in [3.8, 4) is 17.6 Å². The fourth-order valence-corrected chi connectivity index (χ4v) is 5.91. The molecule has 2 saturated heterocycles. The van der Waals surface area contributed by atoms with E-state index in [0.29, 0.717) is 30.0 Å². The van der Waals surface area contributed by atoms with Crippen LogP contribution in [0.1, 0.15) is 47.4 Å². The van der Waals surface area contributed by atoms with E-state index in [2.05, 4.69) is 25.9 Å². The van der Waals surface area contributed by atoms with Crippen LogP contribution in [0.2, 0.25) is 0 Å². The summed E-state index contributed by atoms with van der Waals surface area (Å²) < 4.78 is 53.4. The Hall–Kier alpha value is -4.69. The van der Waals surface area contributed by atoms with E-state index in [4.69, 9.17) is 14.4 Å². The summed E-state index contributed by atoms with van der Waals surface area (Å²) in [5, 5.41) is 12.9. The molecule has 0 aliphatic carbocycles. The summed E-state index contributed by atoms with van der Waals surface area (Å²) >= 11 is 0. The van der Waals surface area contributed by atoms with Crippen LogP contribution in [-0.4, -0.2) is 55.5 Å². The molecule has 1 aromatic heterocycles. The Morgan fingerprint density at radius 2 is 1.60 bits per heavy atom. The van der Waals surface area contributed by atoms with Crippen molar-refractivity contribution in [2.45, 2.75) is 50.7 Å². The monoisotopic (exact) mass is 618 g/mol. The van der Waals surface area contributed by atoms with E-state index >= 15 is 0 Å². The van der Waals surface area contributed by atoms with Gasteiger partial charge in [-0.2, -0.15) is 5.26 Å². The van der Waals surface area contributed by atoms with Gasteiger partial charge in [-0.1, -0.05) is 12.1 Å². The van der Waals surface area contributed by atoms with Gasteiger partial charge in [-0.15, -0.1) is 13.2 Å². The van der Waals surface area contributed by atoms with Crippen molar-refractivity contribution in [3.05, 3.63) is 89.7 Å². The Labute approximate surface area is 258 Å². The maximum absolute atomic E-state index is 13.0. The molecule has 2 aliphatic heterocycles. The molecule has 0 atom stereocenters. The number of nitriles is 1. The van der Waals surface area contributed by atoms with Crippen LogP contribution in [-0.2, 0) is 6.54 Å². The first-order valence-electron chi connectivity index (χ1n) is 15.0. The molecule has 0 bridgehead atoms. The number of anilines is 1. The van der Waals surface area contributed by atoms with Crippen LogP contribution in [0.4, 0.5) is 18.9 Å². The van der Waals surface area contributed by atoms with Crippen LogP contribution in [0.15, 0.2) is 77.2 Å². The average Bonchev–Trinajstić information content (AvgIpc) is 3.46. The maximum Gasteiger partial charge on any atom is 0.573 e. The van der Waals surface area contributed by atoms with Gasteiger partial charge >= 0.3 is 6.36 Å². The van der Waals surface area contributed by atoms with Crippen molar-refractivity contribution < 1.29 is 31.9 Å². The Balaban J connectivity index is 0.969. The number of alkyl halides is 3. The number of likely N-dealkylation sites (tertiary alicyclic amines) is 1. The highest BCUT2D eigenvalue weighted by Crippen LogP contribution is 2.30. The first kappa shape index (κ1) is 30.3. The van der Waals surface area contributed by atoms with E-state index in [1.807, 2.05) is 36.4 Å². The zero-order valence-corrected chi connectivity index (χ0v) is 24.6. The zero-order chi connectivity index (χ0) is 31.4. The average molecular weight is 619 g/mol. The second kappa shape index (κ2) is 13.1. The number of nitrogens with zero attached hydrogens (tertiary/aromatic N) is 3. The number of hydrogen-bond donors (Lipinski definition) is 1. The molecule has 6 rings (SSSR count). The molecule has 8 nitrogen and oxygen atoms in total. The number of fused-ring (bicyclic) bond motifs is 1. The molecule has 11 heteroatoms. The molecule has 4 aromatic rings. The van der Waals surface area contributed by atoms with E-state index in [1.54, 1.807) is 24.3 Å². The molecule has 1 amide bonds. The number of carbonyl (C=O) groups excluding carboxylic acids is 1. The van der Waals surface area contributed by atoms with Crippen molar-refractivity contribution in [2.75, 3.05) is 31.1 Å². The van der Waals surface area contributed by atoms with Gasteiger partial charge in [0.15, 0.2) is 5.76 Å².